The third-order valence-corrected chi connectivity index (χ3v) is 4.41. The lowest BCUT2D eigenvalue weighted by Gasteiger charge is -2.09. The van der Waals surface area contributed by atoms with Gasteiger partial charge in [-0.15, -0.1) is 0 Å². The van der Waals surface area contributed by atoms with Crippen molar-refractivity contribution in [3.05, 3.63) is 70.7 Å². The van der Waals surface area contributed by atoms with Crippen LogP contribution in [0, 0.1) is 0 Å². The van der Waals surface area contributed by atoms with Gasteiger partial charge in [-0.25, -0.2) is 9.78 Å². The molecule has 8 heteroatoms. The van der Waals surface area contributed by atoms with Crippen LogP contribution >= 0.6 is 0 Å². The van der Waals surface area contributed by atoms with Crippen LogP contribution in [0.4, 0.5) is 0 Å². The van der Waals surface area contributed by atoms with Crippen molar-refractivity contribution in [2.45, 2.75) is 19.9 Å². The summed E-state index contributed by atoms with van der Waals surface area (Å²) in [6.07, 6.45) is 7.51. The number of hydrogen-bond acceptors (Lipinski definition) is 6. The molecule has 1 N–H and O–H groups in total. The molecular weight excluding hydrogens is 360 g/mol. The average molecular weight is 378 g/mol. The molecule has 1 amide bonds. The highest BCUT2D eigenvalue weighted by Gasteiger charge is 2.09. The fourth-order valence-electron chi connectivity index (χ4n) is 3.01. The van der Waals surface area contributed by atoms with Gasteiger partial charge in [-0.3, -0.25) is 14.2 Å². The van der Waals surface area contributed by atoms with E-state index in [1.807, 2.05) is 17.4 Å². The Morgan fingerprint density at radius 1 is 1.29 bits per heavy atom. The quantitative estimate of drug-likeness (QED) is 0.516. The maximum Gasteiger partial charge on any atom is 0.336 e. The Bertz CT molecular complexity index is 1210. The Kier molecular flexibility index (Phi) is 4.76. The van der Waals surface area contributed by atoms with Crippen LogP contribution in [0.3, 0.4) is 0 Å². The van der Waals surface area contributed by atoms with Crippen LogP contribution in [0.5, 0.6) is 5.75 Å². The largest absolute Gasteiger partial charge is 0.484 e. The smallest absolute Gasteiger partial charge is 0.336 e. The molecule has 142 valence electrons. The van der Waals surface area contributed by atoms with E-state index in [0.717, 1.165) is 23.1 Å². The molecular formula is C20H18N4O4. The Labute approximate surface area is 159 Å². The number of hydrogen-bond donors (Lipinski definition) is 1. The van der Waals surface area contributed by atoms with Gasteiger partial charge < -0.3 is 14.5 Å². The average Bonchev–Trinajstić information content (AvgIpc) is 3.13. The van der Waals surface area contributed by atoms with Crippen molar-refractivity contribution < 1.29 is 13.9 Å². The van der Waals surface area contributed by atoms with Crippen molar-refractivity contribution in [3.8, 4) is 5.75 Å². The zero-order valence-electron chi connectivity index (χ0n) is 15.2. The van der Waals surface area contributed by atoms with E-state index in [9.17, 15) is 9.59 Å². The molecule has 1 aromatic carbocycles. The molecule has 0 atom stereocenters. The highest BCUT2D eigenvalue weighted by atomic mass is 16.5. The van der Waals surface area contributed by atoms with Crippen molar-refractivity contribution in [3.63, 3.8) is 0 Å². The zero-order chi connectivity index (χ0) is 19.5. The molecule has 0 saturated heterocycles. The lowest BCUT2D eigenvalue weighted by molar-refractivity contribution is -0.123. The summed E-state index contributed by atoms with van der Waals surface area (Å²) in [5.74, 6) is 0.188. The Morgan fingerprint density at radius 2 is 2.18 bits per heavy atom. The van der Waals surface area contributed by atoms with Crippen LogP contribution in [-0.2, 0) is 17.8 Å². The first-order chi connectivity index (χ1) is 13.6. The van der Waals surface area contributed by atoms with Crippen molar-refractivity contribution >= 4 is 22.5 Å². The first kappa shape index (κ1) is 17.7. The summed E-state index contributed by atoms with van der Waals surface area (Å²) in [5, 5.41) is 3.66. The Hall–Kier alpha value is -3.68. The van der Waals surface area contributed by atoms with Crippen LogP contribution in [0.2, 0.25) is 0 Å². The molecule has 3 aromatic heterocycles. The highest BCUT2D eigenvalue weighted by Crippen LogP contribution is 2.23. The maximum absolute atomic E-state index is 12.1. The number of aryl methyl sites for hydroxylation is 1. The molecule has 0 aliphatic rings. The molecule has 0 spiro atoms. The second-order valence-corrected chi connectivity index (χ2v) is 6.22. The number of amides is 1. The lowest BCUT2D eigenvalue weighted by Crippen LogP contribution is -2.28. The van der Waals surface area contributed by atoms with Crippen LogP contribution in [0.1, 0.15) is 18.2 Å². The molecule has 0 radical (unpaired) electrons. The van der Waals surface area contributed by atoms with E-state index in [4.69, 9.17) is 9.15 Å². The highest BCUT2D eigenvalue weighted by molar-refractivity contribution is 5.82. The predicted molar refractivity (Wildman–Crippen MR) is 102 cm³/mol. The number of imidazole rings is 1. The summed E-state index contributed by atoms with van der Waals surface area (Å²) in [4.78, 5) is 32.0. The third kappa shape index (κ3) is 3.57. The second kappa shape index (κ2) is 7.51. The molecule has 28 heavy (non-hydrogen) atoms. The van der Waals surface area contributed by atoms with E-state index in [0.29, 0.717) is 23.5 Å². The normalized spacial score (nSPS) is 11.0. The van der Waals surface area contributed by atoms with Crippen LogP contribution in [0.15, 0.2) is 58.3 Å². The van der Waals surface area contributed by atoms with E-state index in [2.05, 4.69) is 15.3 Å². The van der Waals surface area contributed by atoms with Gasteiger partial charge in [-0.1, -0.05) is 6.92 Å². The first-order valence-electron chi connectivity index (χ1n) is 8.86. The molecule has 0 saturated carbocycles. The molecule has 0 unspecified atom stereocenters. The number of fused-ring (bicyclic) bond motifs is 2. The van der Waals surface area contributed by atoms with Gasteiger partial charge >= 0.3 is 5.63 Å². The molecule has 4 aromatic rings. The van der Waals surface area contributed by atoms with E-state index < -0.39 is 5.63 Å². The first-order valence-corrected chi connectivity index (χ1v) is 8.86. The van der Waals surface area contributed by atoms with Crippen LogP contribution in [-0.4, -0.2) is 26.9 Å². The van der Waals surface area contributed by atoms with Gasteiger partial charge in [0.25, 0.3) is 5.91 Å². The van der Waals surface area contributed by atoms with Gasteiger partial charge in [0, 0.05) is 29.9 Å². The van der Waals surface area contributed by atoms with Gasteiger partial charge in [0.1, 0.15) is 11.3 Å². The minimum Gasteiger partial charge on any atom is -0.484 e. The number of carbonyl (C=O) groups excluding carboxylic acids is 1. The number of ether oxygens (including phenoxy) is 1. The summed E-state index contributed by atoms with van der Waals surface area (Å²) >= 11 is 0. The van der Waals surface area contributed by atoms with Gasteiger partial charge in [-0.05, 0) is 24.1 Å². The van der Waals surface area contributed by atoms with Crippen molar-refractivity contribution in [2.24, 2.45) is 0 Å². The zero-order valence-corrected chi connectivity index (χ0v) is 15.2. The Morgan fingerprint density at radius 3 is 3.04 bits per heavy atom. The molecule has 0 bridgehead atoms. The number of rotatable bonds is 6. The van der Waals surface area contributed by atoms with Crippen molar-refractivity contribution in [1.82, 2.24) is 19.7 Å². The third-order valence-electron chi connectivity index (χ3n) is 4.41. The predicted octanol–water partition coefficient (Wildman–Crippen LogP) is 2.09. The molecule has 4 rings (SSSR count). The summed E-state index contributed by atoms with van der Waals surface area (Å²) in [6, 6.07) is 6.70. The molecule has 0 fully saturated rings. The topological polar surface area (TPSA) is 98.7 Å². The fourth-order valence-corrected chi connectivity index (χ4v) is 3.01. The standard InChI is InChI=1S/C20H18N4O4/c1-2-13-7-20(26)28-17-8-15(3-4-16(13)17)27-12-19(25)23-10-14-9-22-18-11-21-5-6-24(14)18/h3-9,11H,2,10,12H2,1H3,(H,23,25). The van der Waals surface area contributed by atoms with Gasteiger partial charge in [0.2, 0.25) is 0 Å². The van der Waals surface area contributed by atoms with Crippen molar-refractivity contribution in [2.75, 3.05) is 6.61 Å². The number of nitrogens with zero attached hydrogens (tertiary/aromatic N) is 3. The van der Waals surface area contributed by atoms with Gasteiger partial charge in [0.15, 0.2) is 12.3 Å². The van der Waals surface area contributed by atoms with E-state index >= 15 is 0 Å². The van der Waals surface area contributed by atoms with E-state index in [-0.39, 0.29) is 12.5 Å². The minimum atomic E-state index is -0.400. The number of nitrogens with one attached hydrogen (secondary N) is 1. The Balaban J connectivity index is 1.40. The summed E-state index contributed by atoms with van der Waals surface area (Å²) < 4.78 is 12.6. The number of benzene rings is 1. The van der Waals surface area contributed by atoms with E-state index in [1.54, 1.807) is 36.9 Å². The summed E-state index contributed by atoms with van der Waals surface area (Å²) in [5.41, 5.74) is 2.51. The van der Waals surface area contributed by atoms with E-state index in [1.165, 1.54) is 6.07 Å². The minimum absolute atomic E-state index is 0.151. The monoisotopic (exact) mass is 378 g/mol. The number of carbonyl (C=O) groups is 1. The van der Waals surface area contributed by atoms with Gasteiger partial charge in [-0.2, -0.15) is 0 Å². The SMILES string of the molecule is CCc1cc(=O)oc2cc(OCC(=O)NCc3cnc4cnccn34)ccc12. The second-order valence-electron chi connectivity index (χ2n) is 6.22. The molecule has 8 nitrogen and oxygen atoms in total. The van der Waals surface area contributed by atoms with Gasteiger partial charge in [0.05, 0.1) is 24.6 Å². The fraction of sp³-hybridized carbons (Fsp3) is 0.200. The van der Waals surface area contributed by atoms with Crippen LogP contribution < -0.4 is 15.7 Å². The number of aromatic nitrogens is 3. The molecule has 3 heterocycles. The summed E-state index contributed by atoms with van der Waals surface area (Å²) in [7, 11) is 0. The van der Waals surface area contributed by atoms with Crippen LogP contribution in [0.25, 0.3) is 16.6 Å². The summed E-state index contributed by atoms with van der Waals surface area (Å²) in [6.45, 7) is 2.14. The lowest BCUT2D eigenvalue weighted by atomic mass is 10.1. The van der Waals surface area contributed by atoms with Crippen molar-refractivity contribution in [1.29, 1.82) is 0 Å². The molecule has 0 aliphatic carbocycles. The molecule has 0 aliphatic heterocycles. The maximum atomic E-state index is 12.1.